The van der Waals surface area contributed by atoms with Crippen LogP contribution < -0.4 is 0 Å². The molecule has 1 aliphatic carbocycles. The molecule has 4 heteroatoms. The Morgan fingerprint density at radius 3 is 2.33 bits per heavy atom. The molecule has 0 bridgehead atoms. The fourth-order valence-corrected chi connectivity index (χ4v) is 1.69. The summed E-state index contributed by atoms with van der Waals surface area (Å²) in [6.45, 7) is 1.86. The van der Waals surface area contributed by atoms with E-state index < -0.39 is 23.3 Å². The van der Waals surface area contributed by atoms with Crippen molar-refractivity contribution in [3.63, 3.8) is 0 Å². The van der Waals surface area contributed by atoms with Gasteiger partial charge in [-0.1, -0.05) is 13.3 Å². The van der Waals surface area contributed by atoms with Crippen molar-refractivity contribution in [3.8, 4) is 0 Å². The van der Waals surface area contributed by atoms with Gasteiger partial charge >= 0.3 is 11.9 Å². The molecule has 0 aromatic heterocycles. The van der Waals surface area contributed by atoms with Gasteiger partial charge in [0.05, 0.1) is 11.3 Å². The topological polar surface area (TPSA) is 74.6 Å². The first-order chi connectivity index (χ1) is 5.54. The Morgan fingerprint density at radius 1 is 1.50 bits per heavy atom. The Labute approximate surface area is 70.2 Å². The van der Waals surface area contributed by atoms with Crippen LogP contribution in [0.2, 0.25) is 0 Å². The maximum Gasteiger partial charge on any atom is 0.310 e. The minimum atomic E-state index is -0.981. The van der Waals surface area contributed by atoms with Gasteiger partial charge < -0.3 is 10.2 Å². The molecule has 0 amide bonds. The lowest BCUT2D eigenvalue weighted by Crippen LogP contribution is -2.20. The molecule has 2 atom stereocenters. The van der Waals surface area contributed by atoms with Crippen molar-refractivity contribution < 1.29 is 19.8 Å². The number of hydrogen-bond acceptors (Lipinski definition) is 2. The minimum absolute atomic E-state index is 0.297. The molecule has 0 aliphatic heterocycles. The van der Waals surface area contributed by atoms with Crippen molar-refractivity contribution in [3.05, 3.63) is 0 Å². The fourth-order valence-electron chi connectivity index (χ4n) is 1.69. The summed E-state index contributed by atoms with van der Waals surface area (Å²) in [6, 6.07) is 0. The van der Waals surface area contributed by atoms with Crippen molar-refractivity contribution in [2.45, 2.75) is 26.2 Å². The summed E-state index contributed by atoms with van der Waals surface area (Å²) in [4.78, 5) is 21.2. The second-order valence-corrected chi connectivity index (χ2v) is 3.31. The van der Waals surface area contributed by atoms with E-state index in [0.717, 1.165) is 6.42 Å². The molecule has 1 saturated carbocycles. The predicted octanol–water partition coefficient (Wildman–Crippen LogP) is 0.962. The summed E-state index contributed by atoms with van der Waals surface area (Å²) < 4.78 is 0. The van der Waals surface area contributed by atoms with Gasteiger partial charge in [0.15, 0.2) is 0 Å². The summed E-state index contributed by atoms with van der Waals surface area (Å²) in [5.74, 6) is -2.60. The van der Waals surface area contributed by atoms with Gasteiger partial charge in [-0.15, -0.1) is 0 Å². The van der Waals surface area contributed by atoms with Gasteiger partial charge in [0.2, 0.25) is 0 Å². The summed E-state index contributed by atoms with van der Waals surface area (Å²) in [5, 5.41) is 17.4. The quantitative estimate of drug-likeness (QED) is 0.662. The third-order valence-corrected chi connectivity index (χ3v) is 2.50. The highest BCUT2D eigenvalue weighted by atomic mass is 16.4. The molecule has 2 unspecified atom stereocenters. The molecule has 0 heterocycles. The summed E-state index contributed by atoms with van der Waals surface area (Å²) in [5.41, 5.74) is -0.944. The second kappa shape index (κ2) is 2.77. The Kier molecular flexibility index (Phi) is 2.08. The molecular formula is C8H12O4. The van der Waals surface area contributed by atoms with Crippen LogP contribution in [-0.2, 0) is 9.59 Å². The third kappa shape index (κ3) is 1.17. The molecule has 0 aromatic carbocycles. The van der Waals surface area contributed by atoms with Gasteiger partial charge in [-0.05, 0) is 12.8 Å². The van der Waals surface area contributed by atoms with Gasteiger partial charge in [0.25, 0.3) is 0 Å². The van der Waals surface area contributed by atoms with E-state index in [1.165, 1.54) is 0 Å². The highest BCUT2D eigenvalue weighted by molar-refractivity contribution is 5.89. The maximum absolute atomic E-state index is 10.7. The smallest absolute Gasteiger partial charge is 0.310 e. The van der Waals surface area contributed by atoms with Crippen molar-refractivity contribution in [1.29, 1.82) is 0 Å². The Morgan fingerprint density at radius 2 is 2.08 bits per heavy atom. The zero-order valence-corrected chi connectivity index (χ0v) is 6.91. The van der Waals surface area contributed by atoms with E-state index in [0.29, 0.717) is 12.8 Å². The average Bonchev–Trinajstić information content (AvgIpc) is 2.65. The SMILES string of the molecule is CCCC1(C(=O)O)CC1C(=O)O. The molecule has 0 radical (unpaired) electrons. The van der Waals surface area contributed by atoms with E-state index in [2.05, 4.69) is 0 Å². The molecular weight excluding hydrogens is 160 g/mol. The van der Waals surface area contributed by atoms with Crippen LogP contribution in [0, 0.1) is 11.3 Å². The lowest BCUT2D eigenvalue weighted by Gasteiger charge is -2.07. The van der Waals surface area contributed by atoms with Crippen LogP contribution in [-0.4, -0.2) is 22.2 Å². The van der Waals surface area contributed by atoms with E-state index >= 15 is 0 Å². The van der Waals surface area contributed by atoms with Gasteiger partial charge in [0, 0.05) is 0 Å². The summed E-state index contributed by atoms with van der Waals surface area (Å²) in [7, 11) is 0. The number of rotatable bonds is 4. The largest absolute Gasteiger partial charge is 0.481 e. The standard InChI is InChI=1S/C8H12O4/c1-2-3-8(7(11)12)4-5(8)6(9)10/h5H,2-4H2,1H3,(H,9,10)(H,11,12). The normalized spacial score (nSPS) is 32.9. The van der Waals surface area contributed by atoms with E-state index in [4.69, 9.17) is 10.2 Å². The van der Waals surface area contributed by atoms with Crippen LogP contribution in [0.4, 0.5) is 0 Å². The number of aliphatic carboxylic acids is 2. The van der Waals surface area contributed by atoms with E-state index in [1.54, 1.807) is 0 Å². The van der Waals surface area contributed by atoms with Crippen LogP contribution in [0.25, 0.3) is 0 Å². The van der Waals surface area contributed by atoms with Gasteiger partial charge in [0.1, 0.15) is 0 Å². The van der Waals surface area contributed by atoms with Crippen molar-refractivity contribution in [1.82, 2.24) is 0 Å². The molecule has 68 valence electrons. The zero-order valence-electron chi connectivity index (χ0n) is 6.91. The lowest BCUT2D eigenvalue weighted by molar-refractivity contribution is -0.149. The lowest BCUT2D eigenvalue weighted by atomic mass is 9.98. The molecule has 2 N–H and O–H groups in total. The zero-order chi connectivity index (χ0) is 9.35. The molecule has 1 rings (SSSR count). The summed E-state index contributed by atoms with van der Waals surface area (Å²) in [6.07, 6.45) is 1.49. The minimum Gasteiger partial charge on any atom is -0.481 e. The van der Waals surface area contributed by atoms with E-state index in [1.807, 2.05) is 6.92 Å². The molecule has 1 fully saturated rings. The van der Waals surface area contributed by atoms with Gasteiger partial charge in [-0.3, -0.25) is 9.59 Å². The van der Waals surface area contributed by atoms with Gasteiger partial charge in [-0.2, -0.15) is 0 Å². The van der Waals surface area contributed by atoms with Crippen LogP contribution in [0.1, 0.15) is 26.2 Å². The first-order valence-electron chi connectivity index (χ1n) is 4.01. The molecule has 0 saturated heterocycles. The average molecular weight is 172 g/mol. The maximum atomic E-state index is 10.7. The van der Waals surface area contributed by atoms with Crippen LogP contribution in [0.3, 0.4) is 0 Å². The highest BCUT2D eigenvalue weighted by Gasteiger charge is 2.63. The van der Waals surface area contributed by atoms with Crippen LogP contribution in [0.5, 0.6) is 0 Å². The fraction of sp³-hybridized carbons (Fsp3) is 0.750. The molecule has 12 heavy (non-hydrogen) atoms. The van der Waals surface area contributed by atoms with Crippen LogP contribution >= 0.6 is 0 Å². The molecule has 0 aromatic rings. The van der Waals surface area contributed by atoms with Gasteiger partial charge in [-0.25, -0.2) is 0 Å². The third-order valence-electron chi connectivity index (χ3n) is 2.50. The number of hydrogen-bond donors (Lipinski definition) is 2. The summed E-state index contributed by atoms with van der Waals surface area (Å²) >= 11 is 0. The first-order valence-corrected chi connectivity index (χ1v) is 4.01. The van der Waals surface area contributed by atoms with Crippen molar-refractivity contribution >= 4 is 11.9 Å². The number of carboxylic acids is 2. The first kappa shape index (κ1) is 9.03. The van der Waals surface area contributed by atoms with E-state index in [9.17, 15) is 9.59 Å². The van der Waals surface area contributed by atoms with E-state index in [-0.39, 0.29) is 0 Å². The number of carbonyl (C=O) groups is 2. The van der Waals surface area contributed by atoms with Crippen molar-refractivity contribution in [2.75, 3.05) is 0 Å². The number of carboxylic acid groups (broad SMARTS) is 2. The predicted molar refractivity (Wildman–Crippen MR) is 40.7 cm³/mol. The second-order valence-electron chi connectivity index (χ2n) is 3.31. The highest BCUT2D eigenvalue weighted by Crippen LogP contribution is 2.56. The Bertz CT molecular complexity index is 223. The molecule has 0 spiro atoms. The van der Waals surface area contributed by atoms with Crippen LogP contribution in [0.15, 0.2) is 0 Å². The molecule has 4 nitrogen and oxygen atoms in total. The Hall–Kier alpha value is -1.06. The molecule has 1 aliphatic rings. The monoisotopic (exact) mass is 172 g/mol. The van der Waals surface area contributed by atoms with Crippen molar-refractivity contribution in [2.24, 2.45) is 11.3 Å². The Balaban J connectivity index is 2.68.